The van der Waals surface area contributed by atoms with Gasteiger partial charge in [0.05, 0.1) is 7.11 Å². The van der Waals surface area contributed by atoms with Crippen LogP contribution in [0.25, 0.3) is 0 Å². The summed E-state index contributed by atoms with van der Waals surface area (Å²) in [5.41, 5.74) is 3.01. The molecule has 0 aliphatic carbocycles. The van der Waals surface area contributed by atoms with E-state index >= 15 is 0 Å². The van der Waals surface area contributed by atoms with Crippen LogP contribution in [0.2, 0.25) is 0 Å². The third-order valence-corrected chi connectivity index (χ3v) is 4.78. The van der Waals surface area contributed by atoms with Crippen LogP contribution >= 0.6 is 0 Å². The number of aryl methyl sites for hydroxylation is 2. The molecule has 1 aliphatic rings. The van der Waals surface area contributed by atoms with E-state index in [1.54, 1.807) is 0 Å². The number of para-hydroxylation sites is 1. The Labute approximate surface area is 160 Å². The van der Waals surface area contributed by atoms with Gasteiger partial charge in [-0.3, -0.25) is 14.6 Å². The highest BCUT2D eigenvalue weighted by molar-refractivity contribution is 5.93. The molecule has 7 heteroatoms. The van der Waals surface area contributed by atoms with Crippen molar-refractivity contribution in [3.63, 3.8) is 0 Å². The SMILES string of the molecule is CCc1cccc(CC)c1NC(=O)N1CCCN1C(=O)CCCC(=O)OC. The Kier molecular flexibility index (Phi) is 7.64. The fraction of sp³-hybridized carbons (Fsp3) is 0.550. The Bertz CT molecular complexity index is 668. The summed E-state index contributed by atoms with van der Waals surface area (Å²) in [5.74, 6) is -0.479. The molecule has 1 N–H and O–H groups in total. The van der Waals surface area contributed by atoms with E-state index in [0.29, 0.717) is 19.5 Å². The van der Waals surface area contributed by atoms with Crippen molar-refractivity contribution in [1.82, 2.24) is 10.0 Å². The van der Waals surface area contributed by atoms with Crippen LogP contribution in [0.4, 0.5) is 10.5 Å². The van der Waals surface area contributed by atoms with Gasteiger partial charge in [-0.25, -0.2) is 9.80 Å². The summed E-state index contributed by atoms with van der Waals surface area (Å²) in [6.07, 6.45) is 3.21. The smallest absolute Gasteiger partial charge is 0.340 e. The second-order valence-corrected chi connectivity index (χ2v) is 6.51. The summed E-state index contributed by atoms with van der Waals surface area (Å²) < 4.78 is 4.59. The van der Waals surface area contributed by atoms with Crippen molar-refractivity contribution < 1.29 is 19.1 Å². The van der Waals surface area contributed by atoms with Gasteiger partial charge in [-0.05, 0) is 36.8 Å². The number of urea groups is 1. The molecule has 2 rings (SSSR count). The fourth-order valence-electron chi connectivity index (χ4n) is 3.27. The minimum Gasteiger partial charge on any atom is -0.469 e. The number of carbonyl (C=O) groups is 3. The molecule has 0 spiro atoms. The molecule has 0 aromatic heterocycles. The molecule has 7 nitrogen and oxygen atoms in total. The number of carbonyl (C=O) groups excluding carboxylic acids is 3. The number of esters is 1. The normalized spacial score (nSPS) is 13.6. The van der Waals surface area contributed by atoms with Gasteiger partial charge in [0.1, 0.15) is 0 Å². The first-order chi connectivity index (χ1) is 13.0. The molecule has 27 heavy (non-hydrogen) atoms. The minimum absolute atomic E-state index is 0.147. The topological polar surface area (TPSA) is 79.0 Å². The van der Waals surface area contributed by atoms with E-state index in [0.717, 1.165) is 36.1 Å². The van der Waals surface area contributed by atoms with Crippen molar-refractivity contribution in [2.75, 3.05) is 25.5 Å². The number of nitrogens with one attached hydrogen (secondary N) is 1. The maximum absolute atomic E-state index is 12.8. The fourth-order valence-corrected chi connectivity index (χ4v) is 3.27. The van der Waals surface area contributed by atoms with Gasteiger partial charge >= 0.3 is 12.0 Å². The summed E-state index contributed by atoms with van der Waals surface area (Å²) in [6, 6.07) is 5.73. The maximum Gasteiger partial charge on any atom is 0.340 e. The van der Waals surface area contributed by atoms with Gasteiger partial charge in [-0.15, -0.1) is 0 Å². The number of rotatable bonds is 7. The molecular formula is C20H29N3O4. The first-order valence-electron chi connectivity index (χ1n) is 9.58. The predicted octanol–water partition coefficient (Wildman–Crippen LogP) is 3.14. The molecule has 1 aliphatic heterocycles. The van der Waals surface area contributed by atoms with E-state index in [1.807, 2.05) is 18.2 Å². The number of methoxy groups -OCH3 is 1. The Hall–Kier alpha value is -2.57. The van der Waals surface area contributed by atoms with Crippen LogP contribution in [0.1, 0.15) is 50.7 Å². The minimum atomic E-state index is -0.331. The van der Waals surface area contributed by atoms with Gasteiger partial charge < -0.3 is 10.1 Å². The summed E-state index contributed by atoms with van der Waals surface area (Å²) in [7, 11) is 1.33. The molecular weight excluding hydrogens is 346 g/mol. The van der Waals surface area contributed by atoms with Gasteiger partial charge in [-0.1, -0.05) is 32.0 Å². The van der Waals surface area contributed by atoms with Crippen molar-refractivity contribution in [1.29, 1.82) is 0 Å². The maximum atomic E-state index is 12.8. The zero-order chi connectivity index (χ0) is 19.8. The van der Waals surface area contributed by atoms with E-state index < -0.39 is 0 Å². The first-order valence-corrected chi connectivity index (χ1v) is 9.58. The van der Waals surface area contributed by atoms with Gasteiger partial charge in [-0.2, -0.15) is 0 Å². The lowest BCUT2D eigenvalue weighted by Gasteiger charge is -2.28. The van der Waals surface area contributed by atoms with Crippen LogP contribution in [0, 0.1) is 0 Å². The van der Waals surface area contributed by atoms with Crippen molar-refractivity contribution in [3.8, 4) is 0 Å². The lowest BCUT2D eigenvalue weighted by molar-refractivity contribution is -0.142. The molecule has 0 unspecified atom stereocenters. The highest BCUT2D eigenvalue weighted by Crippen LogP contribution is 2.24. The number of benzene rings is 1. The number of hydrogen-bond donors (Lipinski definition) is 1. The quantitative estimate of drug-likeness (QED) is 0.743. The zero-order valence-electron chi connectivity index (χ0n) is 16.4. The van der Waals surface area contributed by atoms with Crippen molar-refractivity contribution in [2.45, 2.75) is 52.4 Å². The van der Waals surface area contributed by atoms with E-state index in [9.17, 15) is 14.4 Å². The number of amides is 3. The Morgan fingerprint density at radius 3 is 2.26 bits per heavy atom. The number of hydrazine groups is 1. The Balaban J connectivity index is 2.03. The molecule has 0 radical (unpaired) electrons. The monoisotopic (exact) mass is 375 g/mol. The second-order valence-electron chi connectivity index (χ2n) is 6.51. The summed E-state index contributed by atoms with van der Waals surface area (Å²) in [5, 5.41) is 5.98. The average molecular weight is 375 g/mol. The Morgan fingerprint density at radius 2 is 1.67 bits per heavy atom. The second kappa shape index (κ2) is 9.94. The van der Waals surface area contributed by atoms with E-state index in [2.05, 4.69) is 23.9 Å². The number of hydrogen-bond acceptors (Lipinski definition) is 4. The van der Waals surface area contributed by atoms with Crippen LogP contribution in [0.15, 0.2) is 18.2 Å². The zero-order valence-corrected chi connectivity index (χ0v) is 16.4. The van der Waals surface area contributed by atoms with Crippen LogP contribution in [-0.4, -0.2) is 48.1 Å². The first kappa shape index (κ1) is 20.7. The van der Waals surface area contributed by atoms with E-state index in [-0.39, 0.29) is 30.7 Å². The highest BCUT2D eigenvalue weighted by atomic mass is 16.5. The molecule has 1 heterocycles. The molecule has 1 fully saturated rings. The third kappa shape index (κ3) is 5.21. The van der Waals surface area contributed by atoms with Gasteiger partial charge in [0, 0.05) is 31.6 Å². The number of anilines is 1. The lowest BCUT2D eigenvalue weighted by Crippen LogP contribution is -2.46. The lowest BCUT2D eigenvalue weighted by atomic mass is 10.0. The third-order valence-electron chi connectivity index (χ3n) is 4.78. The Morgan fingerprint density at radius 1 is 1.04 bits per heavy atom. The predicted molar refractivity (Wildman–Crippen MR) is 103 cm³/mol. The van der Waals surface area contributed by atoms with Crippen LogP contribution in [0.3, 0.4) is 0 Å². The average Bonchev–Trinajstić information content (AvgIpc) is 3.17. The molecule has 3 amide bonds. The molecule has 0 atom stereocenters. The number of ether oxygens (including phenoxy) is 1. The molecule has 0 saturated carbocycles. The summed E-state index contributed by atoms with van der Waals surface area (Å²) in [4.78, 5) is 36.5. The summed E-state index contributed by atoms with van der Waals surface area (Å²) >= 11 is 0. The molecule has 148 valence electrons. The largest absolute Gasteiger partial charge is 0.469 e. The van der Waals surface area contributed by atoms with Crippen LogP contribution in [0.5, 0.6) is 0 Å². The van der Waals surface area contributed by atoms with Crippen LogP contribution in [-0.2, 0) is 27.2 Å². The number of nitrogens with zero attached hydrogens (tertiary/aromatic N) is 2. The van der Waals surface area contributed by atoms with E-state index in [1.165, 1.54) is 17.1 Å². The van der Waals surface area contributed by atoms with Gasteiger partial charge in [0.25, 0.3) is 0 Å². The van der Waals surface area contributed by atoms with Gasteiger partial charge in [0.2, 0.25) is 5.91 Å². The highest BCUT2D eigenvalue weighted by Gasteiger charge is 2.31. The molecule has 0 bridgehead atoms. The van der Waals surface area contributed by atoms with Gasteiger partial charge in [0.15, 0.2) is 0 Å². The van der Waals surface area contributed by atoms with E-state index in [4.69, 9.17) is 0 Å². The van der Waals surface area contributed by atoms with Crippen molar-refractivity contribution >= 4 is 23.6 Å². The van der Waals surface area contributed by atoms with Crippen molar-refractivity contribution in [3.05, 3.63) is 29.3 Å². The van der Waals surface area contributed by atoms with Crippen molar-refractivity contribution in [2.24, 2.45) is 0 Å². The standard InChI is InChI=1S/C20H29N3O4/c1-4-15-9-6-10-16(5-2)19(15)21-20(26)23-14-8-13-22(23)17(24)11-7-12-18(25)27-3/h6,9-10H,4-5,7-8,11-14H2,1-3H3,(H,21,26). The molecule has 1 aromatic rings. The summed E-state index contributed by atoms with van der Waals surface area (Å²) in [6.45, 7) is 5.12. The van der Waals surface area contributed by atoms with Crippen LogP contribution < -0.4 is 5.32 Å². The molecule has 1 saturated heterocycles. The molecule has 1 aromatic carbocycles.